The molecule has 0 saturated carbocycles. The lowest BCUT2D eigenvalue weighted by molar-refractivity contribution is 0.983. The van der Waals surface area contributed by atoms with Crippen LogP contribution in [0.15, 0.2) is 97.1 Å². The highest BCUT2D eigenvalue weighted by Crippen LogP contribution is 2.37. The molecular formula is C30H16N6. The van der Waals surface area contributed by atoms with Gasteiger partial charge in [0.1, 0.15) is 17.2 Å². The van der Waals surface area contributed by atoms with Gasteiger partial charge in [0.25, 0.3) is 0 Å². The van der Waals surface area contributed by atoms with Crippen molar-refractivity contribution in [3.05, 3.63) is 103 Å². The zero-order valence-corrected chi connectivity index (χ0v) is 18.9. The first kappa shape index (κ1) is 19.1. The van der Waals surface area contributed by atoms with Gasteiger partial charge in [0.05, 0.1) is 16.6 Å². The van der Waals surface area contributed by atoms with Crippen LogP contribution in [-0.4, -0.2) is 23.9 Å². The largest absolute Gasteiger partial charge is 0.277 e. The second-order valence-electron chi connectivity index (χ2n) is 8.86. The minimum absolute atomic E-state index is 0.352. The maximum Gasteiger partial charge on any atom is 0.237 e. The van der Waals surface area contributed by atoms with Crippen LogP contribution in [0, 0.1) is 11.3 Å². The molecule has 0 unspecified atom stereocenters. The van der Waals surface area contributed by atoms with E-state index in [2.05, 4.69) is 65.1 Å². The van der Waals surface area contributed by atoms with Gasteiger partial charge in [-0.15, -0.1) is 0 Å². The Morgan fingerprint density at radius 3 is 2.03 bits per heavy atom. The Hall–Kier alpha value is -5.28. The number of para-hydroxylation sites is 3. The summed E-state index contributed by atoms with van der Waals surface area (Å²) in [5.74, 6) is 0.454. The van der Waals surface area contributed by atoms with Crippen molar-refractivity contribution in [1.29, 1.82) is 5.26 Å². The molecule has 0 aliphatic rings. The molecule has 166 valence electrons. The van der Waals surface area contributed by atoms with Crippen molar-refractivity contribution in [2.24, 2.45) is 0 Å². The van der Waals surface area contributed by atoms with Gasteiger partial charge in [0.2, 0.25) is 5.95 Å². The van der Waals surface area contributed by atoms with Crippen LogP contribution in [0.25, 0.3) is 66.2 Å². The maximum absolute atomic E-state index is 9.91. The summed E-state index contributed by atoms with van der Waals surface area (Å²) in [5.41, 5.74) is 5.73. The number of hydrogen-bond acceptors (Lipinski definition) is 4. The van der Waals surface area contributed by atoms with Crippen LogP contribution in [0.2, 0.25) is 0 Å². The van der Waals surface area contributed by atoms with Crippen molar-refractivity contribution >= 4 is 60.3 Å². The molecule has 0 N–H and O–H groups in total. The second kappa shape index (κ2) is 6.87. The molecule has 0 bridgehead atoms. The van der Waals surface area contributed by atoms with Crippen molar-refractivity contribution in [3.8, 4) is 12.0 Å². The summed E-state index contributed by atoms with van der Waals surface area (Å²) in [6.07, 6.45) is 0. The number of fused-ring (bicyclic) bond motifs is 11. The highest BCUT2D eigenvalue weighted by molar-refractivity contribution is 6.16. The summed E-state index contributed by atoms with van der Waals surface area (Å²) in [5, 5.41) is 15.1. The van der Waals surface area contributed by atoms with Crippen molar-refractivity contribution < 1.29 is 0 Å². The fraction of sp³-hybridized carbons (Fsp3) is 0. The summed E-state index contributed by atoms with van der Waals surface area (Å²) in [6.45, 7) is 0. The monoisotopic (exact) mass is 460 g/mol. The number of pyridine rings is 1. The van der Waals surface area contributed by atoms with Crippen molar-refractivity contribution in [3.63, 3.8) is 0 Å². The lowest BCUT2D eigenvalue weighted by Gasteiger charge is -2.11. The Morgan fingerprint density at radius 2 is 1.22 bits per heavy atom. The number of imidazole rings is 1. The molecule has 4 heterocycles. The van der Waals surface area contributed by atoms with E-state index in [4.69, 9.17) is 15.0 Å². The second-order valence-corrected chi connectivity index (χ2v) is 8.86. The third-order valence-electron chi connectivity index (χ3n) is 6.97. The lowest BCUT2D eigenvalue weighted by Crippen LogP contribution is -2.05. The Morgan fingerprint density at radius 1 is 0.583 bits per heavy atom. The number of nitrogens with zero attached hydrogens (tertiary/aromatic N) is 6. The molecule has 0 fully saturated rings. The van der Waals surface area contributed by atoms with Crippen LogP contribution >= 0.6 is 0 Å². The summed E-state index contributed by atoms with van der Waals surface area (Å²) in [4.78, 5) is 14.8. The van der Waals surface area contributed by atoms with E-state index >= 15 is 0 Å². The van der Waals surface area contributed by atoms with E-state index in [-0.39, 0.29) is 0 Å². The predicted octanol–water partition coefficient (Wildman–Crippen LogP) is 6.55. The molecule has 4 aromatic carbocycles. The highest BCUT2D eigenvalue weighted by Gasteiger charge is 2.23. The van der Waals surface area contributed by atoms with Crippen LogP contribution < -0.4 is 0 Å². The Kier molecular flexibility index (Phi) is 3.64. The molecule has 0 radical (unpaired) electrons. The molecule has 0 spiro atoms. The average Bonchev–Trinajstić information content (AvgIpc) is 3.48. The number of nitriles is 1. The molecule has 0 aliphatic carbocycles. The highest BCUT2D eigenvalue weighted by atomic mass is 15.2. The first-order valence-electron chi connectivity index (χ1n) is 11.7. The number of rotatable bonds is 1. The normalized spacial score (nSPS) is 11.9. The summed E-state index contributed by atoms with van der Waals surface area (Å²) >= 11 is 0. The third kappa shape index (κ3) is 2.36. The SMILES string of the molecule is N#Cc1nc(-n2c3ccccc3c3nc4c5ccccc5c5ccccc5n4c32)nc2ccccc12. The number of aromatic nitrogens is 5. The first-order valence-corrected chi connectivity index (χ1v) is 11.7. The average molecular weight is 461 g/mol. The van der Waals surface area contributed by atoms with E-state index in [1.807, 2.05) is 47.0 Å². The van der Waals surface area contributed by atoms with E-state index in [9.17, 15) is 5.26 Å². The minimum atomic E-state index is 0.352. The van der Waals surface area contributed by atoms with Gasteiger partial charge in [0, 0.05) is 21.5 Å². The van der Waals surface area contributed by atoms with E-state index in [1.54, 1.807) is 0 Å². The fourth-order valence-electron chi connectivity index (χ4n) is 5.45. The maximum atomic E-state index is 9.91. The standard InChI is InChI=1S/C30H16N6/c31-17-24-21-12-3-6-14-23(21)32-30(33-24)36-26-16-8-5-13-22(26)27-29(36)35-25-15-7-4-10-19(25)18-9-1-2-11-20(18)28(35)34-27/h1-16H. The van der Waals surface area contributed by atoms with Gasteiger partial charge in [-0.1, -0.05) is 72.8 Å². The third-order valence-corrected chi connectivity index (χ3v) is 6.97. The summed E-state index contributed by atoms with van der Waals surface area (Å²) in [6, 6.07) is 34.8. The quantitative estimate of drug-likeness (QED) is 0.260. The minimum Gasteiger partial charge on any atom is -0.277 e. The molecule has 8 rings (SSSR count). The molecular weight excluding hydrogens is 444 g/mol. The molecule has 0 atom stereocenters. The van der Waals surface area contributed by atoms with Crippen LogP contribution in [0.5, 0.6) is 0 Å². The van der Waals surface area contributed by atoms with Gasteiger partial charge < -0.3 is 0 Å². The van der Waals surface area contributed by atoms with Gasteiger partial charge in [-0.05, 0) is 29.7 Å². The molecule has 8 aromatic rings. The molecule has 6 nitrogen and oxygen atoms in total. The van der Waals surface area contributed by atoms with Gasteiger partial charge in [-0.2, -0.15) is 5.26 Å². The zero-order chi connectivity index (χ0) is 23.8. The first-order chi connectivity index (χ1) is 17.8. The van der Waals surface area contributed by atoms with Crippen LogP contribution in [-0.2, 0) is 0 Å². The Bertz CT molecular complexity index is 2230. The van der Waals surface area contributed by atoms with E-state index in [1.165, 1.54) is 0 Å². The van der Waals surface area contributed by atoms with Gasteiger partial charge in [0.15, 0.2) is 11.3 Å². The Balaban J connectivity index is 1.66. The molecule has 0 saturated heterocycles. The summed E-state index contributed by atoms with van der Waals surface area (Å²) in [7, 11) is 0. The van der Waals surface area contributed by atoms with Gasteiger partial charge >= 0.3 is 0 Å². The van der Waals surface area contributed by atoms with Crippen LogP contribution in [0.3, 0.4) is 0 Å². The molecule has 36 heavy (non-hydrogen) atoms. The lowest BCUT2D eigenvalue weighted by atomic mass is 10.1. The van der Waals surface area contributed by atoms with E-state index < -0.39 is 0 Å². The van der Waals surface area contributed by atoms with Crippen molar-refractivity contribution in [2.45, 2.75) is 0 Å². The molecule has 0 amide bonds. The van der Waals surface area contributed by atoms with E-state index in [0.29, 0.717) is 11.6 Å². The van der Waals surface area contributed by atoms with Crippen molar-refractivity contribution in [2.75, 3.05) is 0 Å². The predicted molar refractivity (Wildman–Crippen MR) is 142 cm³/mol. The topological polar surface area (TPSA) is 71.8 Å². The van der Waals surface area contributed by atoms with Crippen molar-refractivity contribution in [1.82, 2.24) is 23.9 Å². The van der Waals surface area contributed by atoms with Crippen LogP contribution in [0.4, 0.5) is 0 Å². The van der Waals surface area contributed by atoms with Gasteiger partial charge in [-0.25, -0.2) is 15.0 Å². The molecule has 6 heteroatoms. The summed E-state index contributed by atoms with van der Waals surface area (Å²) < 4.78 is 4.25. The smallest absolute Gasteiger partial charge is 0.237 e. The van der Waals surface area contributed by atoms with Crippen LogP contribution in [0.1, 0.15) is 5.69 Å². The molecule has 0 aliphatic heterocycles. The van der Waals surface area contributed by atoms with E-state index in [0.717, 1.165) is 60.3 Å². The number of hydrogen-bond donors (Lipinski definition) is 0. The fourth-order valence-corrected chi connectivity index (χ4v) is 5.45. The number of benzene rings is 4. The van der Waals surface area contributed by atoms with Gasteiger partial charge in [-0.3, -0.25) is 8.97 Å². The zero-order valence-electron chi connectivity index (χ0n) is 18.9. The molecule has 4 aromatic heterocycles. The Labute approximate surface area is 204 Å².